The van der Waals surface area contributed by atoms with Gasteiger partial charge in [0.05, 0.1) is 19.3 Å². The molecule has 9 heteroatoms. The third-order valence-electron chi connectivity index (χ3n) is 7.49. The van der Waals surface area contributed by atoms with Crippen LogP contribution in [0.1, 0.15) is 77.0 Å². The van der Waals surface area contributed by atoms with Gasteiger partial charge in [0.25, 0.3) is 0 Å². The van der Waals surface area contributed by atoms with Crippen LogP contribution in [0.4, 0.5) is 0 Å². The summed E-state index contributed by atoms with van der Waals surface area (Å²) in [5.41, 5.74) is 0. The lowest BCUT2D eigenvalue weighted by Gasteiger charge is -2.37. The maximum absolute atomic E-state index is 6.60. The van der Waals surface area contributed by atoms with Gasteiger partial charge in [0.2, 0.25) is 0 Å². The van der Waals surface area contributed by atoms with Gasteiger partial charge < -0.3 is 42.6 Å². The molecule has 0 bridgehead atoms. The Balaban J connectivity index is 1.32. The Labute approximate surface area is 209 Å². The highest BCUT2D eigenvalue weighted by molar-refractivity contribution is 4.84. The van der Waals surface area contributed by atoms with Crippen molar-refractivity contribution in [2.24, 2.45) is 0 Å². The van der Waals surface area contributed by atoms with Crippen molar-refractivity contribution in [3.05, 3.63) is 0 Å². The van der Waals surface area contributed by atoms with E-state index in [4.69, 9.17) is 42.6 Å². The molecule has 5 fully saturated rings. The third-order valence-corrected chi connectivity index (χ3v) is 7.49. The van der Waals surface area contributed by atoms with Crippen LogP contribution in [0.3, 0.4) is 0 Å². The topological polar surface area (TPSA) is 83.1 Å². The monoisotopic (exact) mass is 500 g/mol. The van der Waals surface area contributed by atoms with Gasteiger partial charge in [0.15, 0.2) is 25.2 Å². The molecule has 0 aromatic carbocycles. The van der Waals surface area contributed by atoms with Gasteiger partial charge in [-0.3, -0.25) is 0 Å². The Morgan fingerprint density at radius 1 is 0.486 bits per heavy atom. The summed E-state index contributed by atoms with van der Waals surface area (Å²) >= 11 is 0. The van der Waals surface area contributed by atoms with Crippen LogP contribution in [0, 0.1) is 0 Å². The molecule has 0 amide bonds. The Bertz CT molecular complexity index is 535. The van der Waals surface area contributed by atoms with Gasteiger partial charge in [-0.1, -0.05) is 12.8 Å². The van der Waals surface area contributed by atoms with Gasteiger partial charge in [-0.25, -0.2) is 0 Å². The minimum atomic E-state index is -0.450. The summed E-state index contributed by atoms with van der Waals surface area (Å²) in [6.45, 7) is 3.62. The molecule has 0 spiro atoms. The molecule has 7 atom stereocenters. The smallest absolute Gasteiger partial charge is 0.158 e. The molecule has 0 aromatic heterocycles. The SMILES string of the molecule is C1CCC(OCC(OC2CCCO2)C(OC2CCCO2)C(COC2CCCO2)OC2CCCO2)C1. The molecule has 1 aliphatic carbocycles. The van der Waals surface area contributed by atoms with Crippen molar-refractivity contribution in [3.8, 4) is 0 Å². The maximum atomic E-state index is 6.60. The third kappa shape index (κ3) is 8.06. The maximum Gasteiger partial charge on any atom is 0.158 e. The van der Waals surface area contributed by atoms with Crippen LogP contribution in [0.5, 0.6) is 0 Å². The average molecular weight is 501 g/mol. The Hall–Kier alpha value is -0.360. The second-order valence-electron chi connectivity index (χ2n) is 10.3. The zero-order chi connectivity index (χ0) is 23.7. The molecule has 35 heavy (non-hydrogen) atoms. The molecular weight excluding hydrogens is 456 g/mol. The molecule has 7 unspecified atom stereocenters. The van der Waals surface area contributed by atoms with Crippen LogP contribution in [-0.4, -0.2) is 89.2 Å². The van der Waals surface area contributed by atoms with Gasteiger partial charge in [-0.15, -0.1) is 0 Å². The lowest BCUT2D eigenvalue weighted by atomic mass is 10.1. The largest absolute Gasteiger partial charge is 0.375 e. The molecule has 9 nitrogen and oxygen atoms in total. The summed E-state index contributed by atoms with van der Waals surface area (Å²) in [7, 11) is 0. The lowest BCUT2D eigenvalue weighted by Crippen LogP contribution is -2.51. The fourth-order valence-electron chi connectivity index (χ4n) is 5.54. The van der Waals surface area contributed by atoms with Crippen LogP contribution >= 0.6 is 0 Å². The average Bonchev–Trinajstić information content (AvgIpc) is 3.70. The van der Waals surface area contributed by atoms with E-state index in [0.717, 1.165) is 77.4 Å². The van der Waals surface area contributed by atoms with Crippen molar-refractivity contribution in [2.75, 3.05) is 39.6 Å². The highest BCUT2D eigenvalue weighted by Gasteiger charge is 2.40. The van der Waals surface area contributed by atoms with Gasteiger partial charge in [0, 0.05) is 52.1 Å². The highest BCUT2D eigenvalue weighted by atomic mass is 16.7. The summed E-state index contributed by atoms with van der Waals surface area (Å²) in [6, 6.07) is 0. The van der Waals surface area contributed by atoms with E-state index in [2.05, 4.69) is 0 Å². The minimum Gasteiger partial charge on any atom is -0.375 e. The van der Waals surface area contributed by atoms with E-state index in [0.29, 0.717) is 26.4 Å². The summed E-state index contributed by atoms with van der Waals surface area (Å²) in [5, 5.41) is 0. The van der Waals surface area contributed by atoms with Crippen molar-refractivity contribution < 1.29 is 42.6 Å². The van der Waals surface area contributed by atoms with Crippen LogP contribution in [0.2, 0.25) is 0 Å². The van der Waals surface area contributed by atoms with Crippen LogP contribution in [0.15, 0.2) is 0 Å². The number of hydrogen-bond acceptors (Lipinski definition) is 9. The summed E-state index contributed by atoms with van der Waals surface area (Å²) < 4.78 is 55.4. The van der Waals surface area contributed by atoms with E-state index in [9.17, 15) is 0 Å². The number of hydrogen-bond donors (Lipinski definition) is 0. The first-order chi connectivity index (χ1) is 17.3. The van der Waals surface area contributed by atoms with E-state index < -0.39 is 12.2 Å². The quantitative estimate of drug-likeness (QED) is 0.355. The van der Waals surface area contributed by atoms with E-state index in [-0.39, 0.29) is 37.4 Å². The molecule has 202 valence electrons. The van der Waals surface area contributed by atoms with Crippen LogP contribution in [0.25, 0.3) is 0 Å². The molecule has 4 heterocycles. The van der Waals surface area contributed by atoms with Crippen molar-refractivity contribution >= 4 is 0 Å². The molecule has 4 saturated heterocycles. The highest BCUT2D eigenvalue weighted by Crippen LogP contribution is 2.29. The normalized spacial score (nSPS) is 34.6. The zero-order valence-corrected chi connectivity index (χ0v) is 21.0. The molecule has 5 rings (SSSR count). The van der Waals surface area contributed by atoms with Crippen molar-refractivity contribution in [1.82, 2.24) is 0 Å². The molecule has 4 aliphatic heterocycles. The van der Waals surface area contributed by atoms with Gasteiger partial charge >= 0.3 is 0 Å². The van der Waals surface area contributed by atoms with Gasteiger partial charge in [-0.05, 0) is 38.5 Å². The number of rotatable bonds is 14. The summed E-state index contributed by atoms with van der Waals surface area (Å²) in [4.78, 5) is 0. The van der Waals surface area contributed by atoms with Gasteiger partial charge in [0.1, 0.15) is 18.3 Å². The molecule has 0 N–H and O–H groups in total. The molecule has 1 saturated carbocycles. The Morgan fingerprint density at radius 2 is 0.943 bits per heavy atom. The fraction of sp³-hybridized carbons (Fsp3) is 1.00. The van der Waals surface area contributed by atoms with Gasteiger partial charge in [-0.2, -0.15) is 0 Å². The predicted octanol–water partition coefficient (Wildman–Crippen LogP) is 3.66. The first kappa shape index (κ1) is 26.3. The second kappa shape index (κ2) is 14.0. The predicted molar refractivity (Wildman–Crippen MR) is 125 cm³/mol. The fourth-order valence-corrected chi connectivity index (χ4v) is 5.54. The van der Waals surface area contributed by atoms with E-state index in [1.807, 2.05) is 0 Å². The zero-order valence-electron chi connectivity index (χ0n) is 21.0. The van der Waals surface area contributed by atoms with E-state index in [1.54, 1.807) is 0 Å². The standard InChI is InChI=1S/C26H44O9/c1-2-8-19(7-1)31-17-20(33-23-10-4-14-28-23)26(35-25-12-6-16-30-25)21(34-24-11-5-15-29-24)18-32-22-9-3-13-27-22/h19-26H,1-18H2. The second-order valence-corrected chi connectivity index (χ2v) is 10.3. The van der Waals surface area contributed by atoms with Crippen LogP contribution < -0.4 is 0 Å². The van der Waals surface area contributed by atoms with E-state index >= 15 is 0 Å². The Kier molecular flexibility index (Phi) is 10.5. The molecular formula is C26H44O9. The lowest BCUT2D eigenvalue weighted by molar-refractivity contribution is -0.279. The van der Waals surface area contributed by atoms with Crippen molar-refractivity contribution in [1.29, 1.82) is 0 Å². The van der Waals surface area contributed by atoms with Crippen molar-refractivity contribution in [2.45, 2.75) is 127 Å². The first-order valence-corrected chi connectivity index (χ1v) is 14.0. The minimum absolute atomic E-state index is 0.207. The summed E-state index contributed by atoms with van der Waals surface area (Å²) in [6.07, 6.45) is 10.1. The first-order valence-electron chi connectivity index (χ1n) is 14.0. The Morgan fingerprint density at radius 3 is 1.43 bits per heavy atom. The molecule has 0 radical (unpaired) electrons. The number of ether oxygens (including phenoxy) is 9. The van der Waals surface area contributed by atoms with E-state index in [1.165, 1.54) is 12.8 Å². The van der Waals surface area contributed by atoms with Crippen molar-refractivity contribution in [3.63, 3.8) is 0 Å². The molecule has 0 aromatic rings. The summed E-state index contributed by atoms with van der Waals surface area (Å²) in [5.74, 6) is 0. The molecule has 5 aliphatic rings. The van der Waals surface area contributed by atoms with Crippen LogP contribution in [-0.2, 0) is 42.6 Å².